The Labute approximate surface area is 150 Å². The summed E-state index contributed by atoms with van der Waals surface area (Å²) in [5.41, 5.74) is 1.63. The van der Waals surface area contributed by atoms with Crippen molar-refractivity contribution in [1.82, 2.24) is 5.01 Å². The molecule has 2 aliphatic heterocycles. The standard InChI is InChI=1S/C16H18ClN3O4S/c1-10-2-3-13(12(17)8-10)18-16(22)14-4-5-15(21)20(19-14)11-6-7-25(23,24)9-11/h2-3,8,11H,4-7,9H2,1H3,(H,18,22)/t11-/m0/s1. The van der Waals surface area contributed by atoms with E-state index in [0.29, 0.717) is 17.1 Å². The Morgan fingerprint density at radius 1 is 1.36 bits per heavy atom. The summed E-state index contributed by atoms with van der Waals surface area (Å²) in [5, 5.41) is 8.41. The zero-order valence-corrected chi connectivity index (χ0v) is 15.2. The van der Waals surface area contributed by atoms with Gasteiger partial charge in [-0.1, -0.05) is 17.7 Å². The normalized spacial score (nSPS) is 22.6. The molecule has 0 saturated carbocycles. The summed E-state index contributed by atoms with van der Waals surface area (Å²) in [6, 6.07) is 4.76. The Hall–Kier alpha value is -1.93. The van der Waals surface area contributed by atoms with Crippen molar-refractivity contribution in [3.8, 4) is 0 Å². The maximum Gasteiger partial charge on any atom is 0.271 e. The zero-order valence-electron chi connectivity index (χ0n) is 13.7. The monoisotopic (exact) mass is 383 g/mol. The second kappa shape index (κ2) is 6.76. The van der Waals surface area contributed by atoms with E-state index >= 15 is 0 Å². The summed E-state index contributed by atoms with van der Waals surface area (Å²) in [5.74, 6) is -0.769. The highest BCUT2D eigenvalue weighted by Crippen LogP contribution is 2.25. The second-order valence-electron chi connectivity index (χ2n) is 6.28. The van der Waals surface area contributed by atoms with Gasteiger partial charge >= 0.3 is 0 Å². The molecule has 0 radical (unpaired) electrons. The van der Waals surface area contributed by atoms with Gasteiger partial charge in [-0.2, -0.15) is 5.10 Å². The van der Waals surface area contributed by atoms with Gasteiger partial charge in [-0.3, -0.25) is 9.59 Å². The minimum absolute atomic E-state index is 0.0392. The summed E-state index contributed by atoms with van der Waals surface area (Å²) in [4.78, 5) is 24.5. The Morgan fingerprint density at radius 2 is 2.12 bits per heavy atom. The average Bonchev–Trinajstić information content (AvgIpc) is 2.90. The van der Waals surface area contributed by atoms with Crippen molar-refractivity contribution in [2.24, 2.45) is 5.10 Å². The lowest BCUT2D eigenvalue weighted by Crippen LogP contribution is -2.42. The molecule has 1 aromatic rings. The number of carbonyl (C=O) groups is 2. The van der Waals surface area contributed by atoms with Crippen molar-refractivity contribution in [1.29, 1.82) is 0 Å². The number of hydrogen-bond acceptors (Lipinski definition) is 5. The molecule has 2 heterocycles. The average molecular weight is 384 g/mol. The number of amides is 2. The third-order valence-electron chi connectivity index (χ3n) is 4.25. The van der Waals surface area contributed by atoms with Crippen LogP contribution in [-0.4, -0.2) is 48.5 Å². The minimum Gasteiger partial charge on any atom is -0.320 e. The Morgan fingerprint density at radius 3 is 2.76 bits per heavy atom. The van der Waals surface area contributed by atoms with E-state index in [9.17, 15) is 18.0 Å². The lowest BCUT2D eigenvalue weighted by molar-refractivity contribution is -0.133. The summed E-state index contributed by atoms with van der Waals surface area (Å²) in [7, 11) is -3.15. The summed E-state index contributed by atoms with van der Waals surface area (Å²) < 4.78 is 23.3. The Kier molecular flexibility index (Phi) is 4.83. The van der Waals surface area contributed by atoms with Crippen LogP contribution in [0.3, 0.4) is 0 Å². The third-order valence-corrected chi connectivity index (χ3v) is 6.31. The fourth-order valence-corrected chi connectivity index (χ4v) is 4.88. The molecule has 0 aliphatic carbocycles. The first-order chi connectivity index (χ1) is 11.7. The predicted molar refractivity (Wildman–Crippen MR) is 95.4 cm³/mol. The first-order valence-corrected chi connectivity index (χ1v) is 10.1. The maximum atomic E-state index is 12.4. The second-order valence-corrected chi connectivity index (χ2v) is 8.92. The van der Waals surface area contributed by atoms with Crippen molar-refractivity contribution in [2.75, 3.05) is 16.8 Å². The van der Waals surface area contributed by atoms with Crippen molar-refractivity contribution >= 4 is 44.7 Å². The fourth-order valence-electron chi connectivity index (χ4n) is 2.90. The van der Waals surface area contributed by atoms with Gasteiger partial charge in [0, 0.05) is 12.8 Å². The lowest BCUT2D eigenvalue weighted by Gasteiger charge is -2.27. The van der Waals surface area contributed by atoms with Crippen LogP contribution in [0.15, 0.2) is 23.3 Å². The Balaban J connectivity index is 1.77. The molecule has 1 N–H and O–H groups in total. The number of nitrogens with zero attached hydrogens (tertiary/aromatic N) is 2. The highest BCUT2D eigenvalue weighted by Gasteiger charge is 2.37. The van der Waals surface area contributed by atoms with Crippen LogP contribution in [0, 0.1) is 6.92 Å². The number of anilines is 1. The zero-order chi connectivity index (χ0) is 18.2. The van der Waals surface area contributed by atoms with Crippen LogP contribution in [0.4, 0.5) is 5.69 Å². The van der Waals surface area contributed by atoms with Crippen LogP contribution in [0.25, 0.3) is 0 Å². The highest BCUT2D eigenvalue weighted by molar-refractivity contribution is 7.91. The molecule has 0 bridgehead atoms. The predicted octanol–water partition coefficient (Wildman–Crippen LogP) is 1.75. The Bertz CT molecular complexity index is 866. The van der Waals surface area contributed by atoms with Gasteiger partial charge in [0.2, 0.25) is 5.91 Å². The molecule has 1 saturated heterocycles. The molecule has 2 amide bonds. The van der Waals surface area contributed by atoms with Crippen molar-refractivity contribution in [2.45, 2.75) is 32.2 Å². The van der Waals surface area contributed by atoms with Gasteiger partial charge in [-0.05, 0) is 31.0 Å². The van der Waals surface area contributed by atoms with Gasteiger partial charge in [-0.15, -0.1) is 0 Å². The van der Waals surface area contributed by atoms with Gasteiger partial charge < -0.3 is 5.32 Å². The van der Waals surface area contributed by atoms with Crippen LogP contribution in [0.1, 0.15) is 24.8 Å². The summed E-state index contributed by atoms with van der Waals surface area (Å²) >= 11 is 6.11. The highest BCUT2D eigenvalue weighted by atomic mass is 35.5. The maximum absolute atomic E-state index is 12.4. The van der Waals surface area contributed by atoms with Gasteiger partial charge in [0.1, 0.15) is 5.71 Å². The van der Waals surface area contributed by atoms with E-state index in [1.54, 1.807) is 12.1 Å². The van der Waals surface area contributed by atoms with Crippen molar-refractivity contribution in [3.05, 3.63) is 28.8 Å². The number of benzene rings is 1. The topological polar surface area (TPSA) is 95.9 Å². The van der Waals surface area contributed by atoms with E-state index < -0.39 is 21.8 Å². The molecule has 7 nitrogen and oxygen atoms in total. The number of carbonyl (C=O) groups excluding carboxylic acids is 2. The molecule has 1 aromatic carbocycles. The van der Waals surface area contributed by atoms with Gasteiger partial charge in [-0.25, -0.2) is 13.4 Å². The van der Waals surface area contributed by atoms with E-state index in [1.165, 1.54) is 5.01 Å². The lowest BCUT2D eigenvalue weighted by atomic mass is 10.1. The van der Waals surface area contributed by atoms with Crippen LogP contribution in [0.2, 0.25) is 5.02 Å². The van der Waals surface area contributed by atoms with Gasteiger partial charge in [0.05, 0.1) is 28.3 Å². The van der Waals surface area contributed by atoms with Crippen molar-refractivity contribution in [3.63, 3.8) is 0 Å². The van der Waals surface area contributed by atoms with Gasteiger partial charge in [0.15, 0.2) is 9.84 Å². The molecule has 0 spiro atoms. The molecule has 1 atom stereocenters. The van der Waals surface area contributed by atoms with E-state index in [4.69, 9.17) is 11.6 Å². The van der Waals surface area contributed by atoms with Gasteiger partial charge in [0.25, 0.3) is 5.91 Å². The van der Waals surface area contributed by atoms with Crippen molar-refractivity contribution < 1.29 is 18.0 Å². The van der Waals surface area contributed by atoms with E-state index in [1.807, 2.05) is 13.0 Å². The first-order valence-electron chi connectivity index (χ1n) is 7.92. The number of sulfone groups is 1. The number of aryl methyl sites for hydroxylation is 1. The largest absolute Gasteiger partial charge is 0.320 e. The van der Waals surface area contributed by atoms with Crippen LogP contribution < -0.4 is 5.32 Å². The van der Waals surface area contributed by atoms with E-state index in [-0.39, 0.29) is 36.0 Å². The molecule has 9 heteroatoms. The molecule has 2 aliphatic rings. The minimum atomic E-state index is -3.15. The van der Waals surface area contributed by atoms with Crippen LogP contribution >= 0.6 is 11.6 Å². The molecule has 25 heavy (non-hydrogen) atoms. The quantitative estimate of drug-likeness (QED) is 0.860. The van der Waals surface area contributed by atoms with Crippen LogP contribution in [0.5, 0.6) is 0 Å². The molecule has 1 fully saturated rings. The molecule has 134 valence electrons. The third kappa shape index (κ3) is 4.01. The molecular weight excluding hydrogens is 366 g/mol. The number of hydrazone groups is 1. The summed E-state index contributed by atoms with van der Waals surface area (Å²) in [6.45, 7) is 1.89. The molecule has 3 rings (SSSR count). The van der Waals surface area contributed by atoms with Crippen LogP contribution in [-0.2, 0) is 19.4 Å². The number of hydrogen-bond donors (Lipinski definition) is 1. The number of nitrogens with one attached hydrogen (secondary N) is 1. The van der Waals surface area contributed by atoms with E-state index in [0.717, 1.165) is 5.56 Å². The first kappa shape index (κ1) is 17.9. The molecule has 0 unspecified atom stereocenters. The SMILES string of the molecule is Cc1ccc(NC(=O)C2=NN([C@H]3CCS(=O)(=O)C3)C(=O)CC2)c(Cl)c1. The smallest absolute Gasteiger partial charge is 0.271 e. The molecular formula is C16H18ClN3O4S. The fraction of sp³-hybridized carbons (Fsp3) is 0.438. The number of rotatable bonds is 3. The van der Waals surface area contributed by atoms with E-state index in [2.05, 4.69) is 10.4 Å². The number of halogens is 1. The molecule has 0 aromatic heterocycles. The summed E-state index contributed by atoms with van der Waals surface area (Å²) in [6.07, 6.45) is 0.685.